The molecule has 1 aromatic carbocycles. The molecule has 1 amide bonds. The number of anilines is 2. The molecule has 2 aromatic heterocycles. The van der Waals surface area contributed by atoms with Gasteiger partial charge < -0.3 is 15.1 Å². The van der Waals surface area contributed by atoms with E-state index in [1.54, 1.807) is 42.8 Å². The van der Waals surface area contributed by atoms with Gasteiger partial charge in [-0.2, -0.15) is 0 Å². The Morgan fingerprint density at radius 1 is 1.17 bits per heavy atom. The van der Waals surface area contributed by atoms with E-state index in [4.69, 9.17) is 16.0 Å². The van der Waals surface area contributed by atoms with Crippen LogP contribution in [0, 0.1) is 0 Å². The van der Waals surface area contributed by atoms with Gasteiger partial charge in [-0.3, -0.25) is 9.78 Å². The largest absolute Gasteiger partial charge is 0.467 e. The molecule has 0 saturated heterocycles. The smallest absolute Gasteiger partial charge is 0.270 e. The fourth-order valence-corrected chi connectivity index (χ4v) is 2.20. The number of hydrogen-bond donors (Lipinski definition) is 2. The van der Waals surface area contributed by atoms with Crippen molar-refractivity contribution in [2.75, 3.05) is 5.32 Å². The van der Waals surface area contributed by atoms with Gasteiger partial charge >= 0.3 is 0 Å². The molecule has 0 saturated carbocycles. The Kier molecular flexibility index (Phi) is 4.59. The number of amides is 1. The van der Waals surface area contributed by atoms with Gasteiger partial charge in [0.25, 0.3) is 5.91 Å². The summed E-state index contributed by atoms with van der Waals surface area (Å²) in [5, 5.41) is 6.53. The number of aromatic nitrogens is 1. The van der Waals surface area contributed by atoms with Crippen molar-refractivity contribution in [1.29, 1.82) is 0 Å². The lowest BCUT2D eigenvalue weighted by Crippen LogP contribution is -2.23. The molecular formula is C17H14ClN3O2. The van der Waals surface area contributed by atoms with Gasteiger partial charge in [-0.15, -0.1) is 0 Å². The summed E-state index contributed by atoms with van der Waals surface area (Å²) >= 11 is 6.12. The summed E-state index contributed by atoms with van der Waals surface area (Å²) in [6.45, 7) is 0.315. The van der Waals surface area contributed by atoms with Crippen LogP contribution < -0.4 is 10.6 Å². The summed E-state index contributed by atoms with van der Waals surface area (Å²) in [5.74, 6) is 0.410. The van der Waals surface area contributed by atoms with Gasteiger partial charge in [0.2, 0.25) is 0 Å². The number of para-hydroxylation sites is 1. The van der Waals surface area contributed by atoms with Crippen LogP contribution in [-0.4, -0.2) is 10.9 Å². The molecule has 0 aliphatic rings. The molecule has 0 bridgehead atoms. The number of rotatable bonds is 5. The van der Waals surface area contributed by atoms with Gasteiger partial charge in [-0.05, 0) is 36.4 Å². The fraction of sp³-hybridized carbons (Fsp3) is 0.0588. The SMILES string of the molecule is O=C(NCc1ccco1)c1cc(Nc2ccccc2Cl)ccn1. The number of carbonyl (C=O) groups is 1. The van der Waals surface area contributed by atoms with Gasteiger partial charge in [0.1, 0.15) is 11.5 Å². The Hall–Kier alpha value is -2.79. The Bertz CT molecular complexity index is 803. The number of nitrogens with one attached hydrogen (secondary N) is 2. The van der Waals surface area contributed by atoms with Crippen molar-refractivity contribution in [1.82, 2.24) is 10.3 Å². The van der Waals surface area contributed by atoms with Crippen molar-refractivity contribution in [3.63, 3.8) is 0 Å². The van der Waals surface area contributed by atoms with Crippen LogP contribution in [0.15, 0.2) is 65.4 Å². The zero-order valence-corrected chi connectivity index (χ0v) is 12.9. The maximum Gasteiger partial charge on any atom is 0.270 e. The third-order valence-corrected chi connectivity index (χ3v) is 3.48. The lowest BCUT2D eigenvalue weighted by atomic mass is 10.2. The van der Waals surface area contributed by atoms with Gasteiger partial charge in [0.05, 0.1) is 23.5 Å². The van der Waals surface area contributed by atoms with Crippen LogP contribution in [0.1, 0.15) is 16.2 Å². The van der Waals surface area contributed by atoms with E-state index in [0.29, 0.717) is 23.0 Å². The highest BCUT2D eigenvalue weighted by atomic mass is 35.5. The molecule has 0 radical (unpaired) electrons. The fourth-order valence-electron chi connectivity index (χ4n) is 2.02. The molecule has 0 aliphatic carbocycles. The predicted molar refractivity (Wildman–Crippen MR) is 88.8 cm³/mol. The van der Waals surface area contributed by atoms with Crippen LogP contribution in [-0.2, 0) is 6.54 Å². The van der Waals surface area contributed by atoms with Crippen LogP contribution in [0.25, 0.3) is 0 Å². The highest BCUT2D eigenvalue weighted by Gasteiger charge is 2.09. The highest BCUT2D eigenvalue weighted by Crippen LogP contribution is 2.24. The lowest BCUT2D eigenvalue weighted by Gasteiger charge is -2.09. The zero-order chi connectivity index (χ0) is 16.1. The van der Waals surface area contributed by atoms with Crippen molar-refractivity contribution in [3.05, 3.63) is 77.5 Å². The van der Waals surface area contributed by atoms with Crippen LogP contribution in [0.5, 0.6) is 0 Å². The highest BCUT2D eigenvalue weighted by molar-refractivity contribution is 6.33. The monoisotopic (exact) mass is 327 g/mol. The summed E-state index contributed by atoms with van der Waals surface area (Å²) in [6, 6.07) is 14.4. The van der Waals surface area contributed by atoms with E-state index < -0.39 is 0 Å². The van der Waals surface area contributed by atoms with Crippen LogP contribution in [0.4, 0.5) is 11.4 Å². The number of carbonyl (C=O) groups excluding carboxylic acids is 1. The van der Waals surface area contributed by atoms with Crippen LogP contribution in [0.2, 0.25) is 5.02 Å². The summed E-state index contributed by atoms with van der Waals surface area (Å²) in [6.07, 6.45) is 3.13. The first-order chi connectivity index (χ1) is 11.2. The van der Waals surface area contributed by atoms with E-state index >= 15 is 0 Å². The third-order valence-electron chi connectivity index (χ3n) is 3.15. The van der Waals surface area contributed by atoms with Crippen molar-refractivity contribution in [2.45, 2.75) is 6.54 Å². The summed E-state index contributed by atoms with van der Waals surface area (Å²) in [4.78, 5) is 16.2. The molecule has 0 aliphatic heterocycles. The second kappa shape index (κ2) is 6.98. The molecule has 3 rings (SSSR count). The second-order valence-corrected chi connectivity index (χ2v) is 5.20. The summed E-state index contributed by atoms with van der Waals surface area (Å²) < 4.78 is 5.17. The normalized spacial score (nSPS) is 10.3. The topological polar surface area (TPSA) is 67.2 Å². The Morgan fingerprint density at radius 2 is 2.04 bits per heavy atom. The molecule has 6 heteroatoms. The van der Waals surface area contributed by atoms with E-state index in [0.717, 1.165) is 11.4 Å². The Labute approximate surface area is 138 Å². The zero-order valence-electron chi connectivity index (χ0n) is 12.1. The lowest BCUT2D eigenvalue weighted by molar-refractivity contribution is 0.0943. The van der Waals surface area contributed by atoms with Crippen molar-refractivity contribution in [2.24, 2.45) is 0 Å². The van der Waals surface area contributed by atoms with Crippen molar-refractivity contribution < 1.29 is 9.21 Å². The van der Waals surface area contributed by atoms with E-state index in [1.165, 1.54) is 0 Å². The maximum atomic E-state index is 12.1. The first-order valence-corrected chi connectivity index (χ1v) is 7.38. The number of benzene rings is 1. The standard InChI is InChI=1S/C17H14ClN3O2/c18-14-5-1-2-6-15(14)21-12-7-8-19-16(10-12)17(22)20-11-13-4-3-9-23-13/h1-10H,11H2,(H,19,21)(H,20,22). The number of halogens is 1. The minimum atomic E-state index is -0.274. The number of pyridine rings is 1. The van der Waals surface area contributed by atoms with Crippen LogP contribution >= 0.6 is 11.6 Å². The summed E-state index contributed by atoms with van der Waals surface area (Å²) in [7, 11) is 0. The molecule has 116 valence electrons. The molecule has 0 unspecified atom stereocenters. The minimum Gasteiger partial charge on any atom is -0.467 e. The van der Waals surface area contributed by atoms with Crippen molar-refractivity contribution in [3.8, 4) is 0 Å². The van der Waals surface area contributed by atoms with E-state index in [2.05, 4.69) is 15.6 Å². The molecule has 23 heavy (non-hydrogen) atoms. The number of nitrogens with zero attached hydrogens (tertiary/aromatic N) is 1. The second-order valence-electron chi connectivity index (χ2n) is 4.80. The Balaban J connectivity index is 1.69. The minimum absolute atomic E-state index is 0.274. The number of hydrogen-bond acceptors (Lipinski definition) is 4. The maximum absolute atomic E-state index is 12.1. The van der Waals surface area contributed by atoms with Crippen molar-refractivity contribution >= 4 is 28.9 Å². The third kappa shape index (κ3) is 3.90. The average molecular weight is 328 g/mol. The molecule has 5 nitrogen and oxygen atoms in total. The molecule has 0 atom stereocenters. The van der Waals surface area contributed by atoms with Gasteiger partial charge in [0.15, 0.2) is 0 Å². The van der Waals surface area contributed by atoms with Gasteiger partial charge in [-0.25, -0.2) is 0 Å². The Morgan fingerprint density at radius 3 is 2.83 bits per heavy atom. The average Bonchev–Trinajstić information content (AvgIpc) is 3.08. The number of furan rings is 1. The molecule has 0 spiro atoms. The van der Waals surface area contributed by atoms with Gasteiger partial charge in [0, 0.05) is 11.9 Å². The molecule has 2 heterocycles. The van der Waals surface area contributed by atoms with Gasteiger partial charge in [-0.1, -0.05) is 23.7 Å². The van der Waals surface area contributed by atoms with E-state index in [1.807, 2.05) is 18.2 Å². The quantitative estimate of drug-likeness (QED) is 0.743. The molecule has 0 fully saturated rings. The molecular weight excluding hydrogens is 314 g/mol. The van der Waals surface area contributed by atoms with Crippen LogP contribution in [0.3, 0.4) is 0 Å². The molecule has 2 N–H and O–H groups in total. The summed E-state index contributed by atoms with van der Waals surface area (Å²) in [5.41, 5.74) is 1.81. The van der Waals surface area contributed by atoms with E-state index in [-0.39, 0.29) is 5.91 Å². The predicted octanol–water partition coefficient (Wildman–Crippen LogP) is 4.00. The first kappa shape index (κ1) is 15.1. The van der Waals surface area contributed by atoms with E-state index in [9.17, 15) is 4.79 Å². The molecule has 3 aromatic rings. The first-order valence-electron chi connectivity index (χ1n) is 7.00.